The third-order valence-corrected chi connectivity index (χ3v) is 4.66. The Kier molecular flexibility index (Phi) is 6.23. The zero-order valence-electron chi connectivity index (χ0n) is 14.9. The first-order chi connectivity index (χ1) is 13.5. The van der Waals surface area contributed by atoms with Gasteiger partial charge in [-0.1, -0.05) is 12.1 Å². The molecule has 0 aliphatic rings. The summed E-state index contributed by atoms with van der Waals surface area (Å²) in [6.45, 7) is 0. The SMILES string of the molecule is COC(=O)c1ccc(/C=N\NC(=O)Cc2csc(-c3ccc(F)cc3)n2)cc1. The number of benzene rings is 2. The molecule has 1 amide bonds. The Hall–Kier alpha value is -3.39. The molecule has 1 N–H and O–H groups in total. The molecule has 3 aromatic rings. The third kappa shape index (κ3) is 5.08. The highest BCUT2D eigenvalue weighted by molar-refractivity contribution is 7.13. The van der Waals surface area contributed by atoms with Crippen molar-refractivity contribution in [3.8, 4) is 10.6 Å². The molecule has 6 nitrogen and oxygen atoms in total. The lowest BCUT2D eigenvalue weighted by Crippen LogP contribution is -2.19. The zero-order valence-corrected chi connectivity index (χ0v) is 15.7. The molecule has 2 aromatic carbocycles. The fraction of sp³-hybridized carbons (Fsp3) is 0.100. The van der Waals surface area contributed by atoms with Crippen LogP contribution < -0.4 is 5.43 Å². The van der Waals surface area contributed by atoms with Crippen LogP contribution in [0.2, 0.25) is 0 Å². The second kappa shape index (κ2) is 9.01. The van der Waals surface area contributed by atoms with E-state index in [9.17, 15) is 14.0 Å². The normalized spacial score (nSPS) is 10.8. The van der Waals surface area contributed by atoms with E-state index in [2.05, 4.69) is 20.2 Å². The summed E-state index contributed by atoms with van der Waals surface area (Å²) in [7, 11) is 1.32. The van der Waals surface area contributed by atoms with Crippen LogP contribution in [-0.4, -0.2) is 30.2 Å². The van der Waals surface area contributed by atoms with Crippen LogP contribution >= 0.6 is 11.3 Å². The maximum atomic E-state index is 13.0. The molecule has 0 spiro atoms. The van der Waals surface area contributed by atoms with Gasteiger partial charge in [-0.2, -0.15) is 5.10 Å². The van der Waals surface area contributed by atoms with Gasteiger partial charge in [-0.05, 0) is 42.0 Å². The number of methoxy groups -OCH3 is 1. The molecule has 0 aliphatic carbocycles. The Bertz CT molecular complexity index is 998. The monoisotopic (exact) mass is 397 g/mol. The lowest BCUT2D eigenvalue weighted by atomic mass is 10.1. The smallest absolute Gasteiger partial charge is 0.337 e. The lowest BCUT2D eigenvalue weighted by Gasteiger charge is -2.00. The van der Waals surface area contributed by atoms with Gasteiger partial charge >= 0.3 is 5.97 Å². The number of aromatic nitrogens is 1. The summed E-state index contributed by atoms with van der Waals surface area (Å²) in [6.07, 6.45) is 1.56. The van der Waals surface area contributed by atoms with Gasteiger partial charge in [-0.3, -0.25) is 4.79 Å². The summed E-state index contributed by atoms with van der Waals surface area (Å²) < 4.78 is 17.6. The molecule has 0 aliphatic heterocycles. The van der Waals surface area contributed by atoms with E-state index in [-0.39, 0.29) is 18.1 Å². The van der Waals surface area contributed by atoms with E-state index >= 15 is 0 Å². The molecule has 0 bridgehead atoms. The van der Waals surface area contributed by atoms with Gasteiger partial charge in [-0.15, -0.1) is 11.3 Å². The van der Waals surface area contributed by atoms with Crippen LogP contribution in [0.15, 0.2) is 59.0 Å². The molecule has 0 saturated carbocycles. The minimum Gasteiger partial charge on any atom is -0.465 e. The topological polar surface area (TPSA) is 80.6 Å². The largest absolute Gasteiger partial charge is 0.465 e. The Morgan fingerprint density at radius 1 is 1.18 bits per heavy atom. The standard InChI is InChI=1S/C20H16FN3O3S/c1-27-20(26)15-4-2-13(3-5-15)11-22-24-18(25)10-17-12-28-19(23-17)14-6-8-16(21)9-7-14/h2-9,11-12H,10H2,1H3,(H,24,25)/b22-11-. The number of carbonyl (C=O) groups is 2. The molecule has 28 heavy (non-hydrogen) atoms. The molecule has 1 heterocycles. The van der Waals surface area contributed by atoms with Crippen molar-refractivity contribution in [1.82, 2.24) is 10.4 Å². The van der Waals surface area contributed by atoms with Crippen LogP contribution in [0.25, 0.3) is 10.6 Å². The number of ether oxygens (including phenoxy) is 1. The fourth-order valence-corrected chi connectivity index (χ4v) is 3.15. The summed E-state index contributed by atoms with van der Waals surface area (Å²) in [6, 6.07) is 12.6. The van der Waals surface area contributed by atoms with E-state index in [1.54, 1.807) is 41.8 Å². The second-order valence-corrected chi connectivity index (χ2v) is 6.59. The molecule has 0 saturated heterocycles. The molecule has 0 unspecified atom stereocenters. The van der Waals surface area contributed by atoms with Crippen molar-refractivity contribution in [2.45, 2.75) is 6.42 Å². The van der Waals surface area contributed by atoms with Crippen LogP contribution in [0, 0.1) is 5.82 Å². The van der Waals surface area contributed by atoms with Crippen LogP contribution in [0.5, 0.6) is 0 Å². The van der Waals surface area contributed by atoms with Crippen LogP contribution in [0.4, 0.5) is 4.39 Å². The molecule has 0 radical (unpaired) electrons. The number of esters is 1. The quantitative estimate of drug-likeness (QED) is 0.393. The first kappa shape index (κ1) is 19.4. The highest BCUT2D eigenvalue weighted by Crippen LogP contribution is 2.24. The number of hydrogen-bond acceptors (Lipinski definition) is 6. The minimum absolute atomic E-state index is 0.0797. The van der Waals surface area contributed by atoms with E-state index in [0.717, 1.165) is 16.1 Å². The summed E-state index contributed by atoms with van der Waals surface area (Å²) in [4.78, 5) is 27.8. The Morgan fingerprint density at radius 3 is 2.57 bits per heavy atom. The van der Waals surface area contributed by atoms with Gasteiger partial charge in [0.2, 0.25) is 5.91 Å². The lowest BCUT2D eigenvalue weighted by molar-refractivity contribution is -0.120. The van der Waals surface area contributed by atoms with Gasteiger partial charge in [-0.25, -0.2) is 19.6 Å². The predicted molar refractivity (Wildman–Crippen MR) is 105 cm³/mol. The summed E-state index contributed by atoms with van der Waals surface area (Å²) >= 11 is 1.39. The van der Waals surface area contributed by atoms with E-state index < -0.39 is 5.97 Å². The molecular weight excluding hydrogens is 381 g/mol. The van der Waals surface area contributed by atoms with Crippen molar-refractivity contribution in [2.24, 2.45) is 5.10 Å². The number of halogens is 1. The number of nitrogens with zero attached hydrogens (tertiary/aromatic N) is 2. The summed E-state index contributed by atoms with van der Waals surface area (Å²) in [5, 5.41) is 6.40. The van der Waals surface area contributed by atoms with E-state index in [4.69, 9.17) is 0 Å². The van der Waals surface area contributed by atoms with Gasteiger partial charge < -0.3 is 4.74 Å². The fourth-order valence-electron chi connectivity index (χ4n) is 2.32. The van der Waals surface area contributed by atoms with Crippen LogP contribution in [-0.2, 0) is 16.0 Å². The van der Waals surface area contributed by atoms with Gasteiger partial charge in [0.15, 0.2) is 0 Å². The second-order valence-electron chi connectivity index (χ2n) is 5.73. The van der Waals surface area contributed by atoms with Gasteiger partial charge in [0.25, 0.3) is 0 Å². The molecule has 1 aromatic heterocycles. The number of carbonyl (C=O) groups excluding carboxylic acids is 2. The Labute approximate surface area is 164 Å². The Morgan fingerprint density at radius 2 is 1.89 bits per heavy atom. The van der Waals surface area contributed by atoms with Gasteiger partial charge in [0.05, 0.1) is 31.0 Å². The maximum Gasteiger partial charge on any atom is 0.337 e. The number of hydrazone groups is 1. The van der Waals surface area contributed by atoms with E-state index in [1.165, 1.54) is 36.8 Å². The molecule has 0 atom stereocenters. The van der Waals surface area contributed by atoms with Crippen molar-refractivity contribution in [1.29, 1.82) is 0 Å². The van der Waals surface area contributed by atoms with E-state index in [0.29, 0.717) is 11.3 Å². The number of nitrogens with one attached hydrogen (secondary N) is 1. The average molecular weight is 397 g/mol. The average Bonchev–Trinajstić information content (AvgIpc) is 3.16. The predicted octanol–water partition coefficient (Wildman–Crippen LogP) is 3.43. The number of amides is 1. The minimum atomic E-state index is -0.417. The maximum absolute atomic E-state index is 13.0. The summed E-state index contributed by atoms with van der Waals surface area (Å²) in [5.74, 6) is -1.03. The first-order valence-electron chi connectivity index (χ1n) is 8.26. The highest BCUT2D eigenvalue weighted by Gasteiger charge is 2.09. The number of hydrogen-bond donors (Lipinski definition) is 1. The summed E-state index contributed by atoms with van der Waals surface area (Å²) in [5.41, 5.74) is 5.00. The number of rotatable bonds is 6. The van der Waals surface area contributed by atoms with Crippen molar-refractivity contribution < 1.29 is 18.7 Å². The number of thiazole rings is 1. The molecule has 3 rings (SSSR count). The Balaban J connectivity index is 1.54. The molecular formula is C20H16FN3O3S. The van der Waals surface area contributed by atoms with Crippen LogP contribution in [0.1, 0.15) is 21.6 Å². The molecule has 8 heteroatoms. The molecule has 142 valence electrons. The van der Waals surface area contributed by atoms with Crippen molar-refractivity contribution in [3.63, 3.8) is 0 Å². The van der Waals surface area contributed by atoms with Gasteiger partial charge in [0, 0.05) is 10.9 Å². The van der Waals surface area contributed by atoms with E-state index in [1.807, 2.05) is 0 Å². The zero-order chi connectivity index (χ0) is 19.9. The van der Waals surface area contributed by atoms with Crippen molar-refractivity contribution in [3.05, 3.63) is 76.5 Å². The third-order valence-electron chi connectivity index (χ3n) is 3.72. The highest BCUT2D eigenvalue weighted by atomic mass is 32.1. The molecule has 0 fully saturated rings. The van der Waals surface area contributed by atoms with Gasteiger partial charge in [0.1, 0.15) is 10.8 Å². The van der Waals surface area contributed by atoms with Crippen LogP contribution in [0.3, 0.4) is 0 Å². The van der Waals surface area contributed by atoms with Crippen molar-refractivity contribution >= 4 is 29.4 Å². The van der Waals surface area contributed by atoms with Crippen molar-refractivity contribution in [2.75, 3.05) is 7.11 Å². The first-order valence-corrected chi connectivity index (χ1v) is 9.14.